The van der Waals surface area contributed by atoms with Gasteiger partial charge in [0.15, 0.2) is 11.4 Å². The summed E-state index contributed by atoms with van der Waals surface area (Å²) in [6.07, 6.45) is 4.21. The Balaban J connectivity index is 1.85. The highest BCUT2D eigenvalue weighted by atomic mass is 32.2. The van der Waals surface area contributed by atoms with Crippen LogP contribution in [0.5, 0.6) is 11.6 Å². The third-order valence-corrected chi connectivity index (χ3v) is 5.23. The molecule has 2 aromatic heterocycles. The number of fused-ring (bicyclic) bond motifs is 3. The van der Waals surface area contributed by atoms with Crippen LogP contribution in [0, 0.1) is 0 Å². The van der Waals surface area contributed by atoms with E-state index in [-0.39, 0.29) is 17.5 Å². The van der Waals surface area contributed by atoms with Gasteiger partial charge in [0.05, 0.1) is 25.1 Å². The van der Waals surface area contributed by atoms with E-state index in [1.165, 1.54) is 7.11 Å². The zero-order valence-corrected chi connectivity index (χ0v) is 17.6. The zero-order chi connectivity index (χ0) is 21.7. The van der Waals surface area contributed by atoms with Crippen LogP contribution >= 0.6 is 0 Å². The van der Waals surface area contributed by atoms with Crippen molar-refractivity contribution in [1.82, 2.24) is 9.97 Å². The Hall–Kier alpha value is -3.40. The van der Waals surface area contributed by atoms with Crippen molar-refractivity contribution in [2.24, 2.45) is 0 Å². The molecule has 0 saturated heterocycles. The Morgan fingerprint density at radius 1 is 1.13 bits per heavy atom. The number of hydrogen-bond donors (Lipinski definition) is 2. The van der Waals surface area contributed by atoms with Crippen LogP contribution in [-0.2, 0) is 14.8 Å². The van der Waals surface area contributed by atoms with Gasteiger partial charge in [-0.2, -0.15) is 0 Å². The van der Waals surface area contributed by atoms with E-state index >= 15 is 0 Å². The number of amides is 1. The maximum absolute atomic E-state index is 12.2. The summed E-state index contributed by atoms with van der Waals surface area (Å²) < 4.78 is 36.9. The van der Waals surface area contributed by atoms with Crippen molar-refractivity contribution in [3.63, 3.8) is 0 Å². The number of ether oxygens (including phenoxy) is 2. The summed E-state index contributed by atoms with van der Waals surface area (Å²) in [6.45, 7) is 3.38. The van der Waals surface area contributed by atoms with Crippen LogP contribution in [0.3, 0.4) is 0 Å². The van der Waals surface area contributed by atoms with Crippen LogP contribution in [0.15, 0.2) is 36.7 Å². The SMILES string of the molecule is COc1ncc(-c2ccc3ncc4c(c3c2)OC(C)(C)C(=O)N4)cc1NS(C)(=O)=O. The number of nitrogens with one attached hydrogen (secondary N) is 2. The van der Waals surface area contributed by atoms with Gasteiger partial charge in [0.2, 0.25) is 15.9 Å². The van der Waals surface area contributed by atoms with Crippen LogP contribution in [0.2, 0.25) is 0 Å². The molecule has 1 aliphatic heterocycles. The smallest absolute Gasteiger partial charge is 0.268 e. The number of aromatic nitrogens is 2. The van der Waals surface area contributed by atoms with Gasteiger partial charge in [-0.1, -0.05) is 6.07 Å². The number of benzene rings is 1. The molecule has 10 heteroatoms. The van der Waals surface area contributed by atoms with Gasteiger partial charge < -0.3 is 14.8 Å². The number of sulfonamides is 1. The lowest BCUT2D eigenvalue weighted by molar-refractivity contribution is -0.129. The van der Waals surface area contributed by atoms with Crippen LogP contribution in [0.4, 0.5) is 11.4 Å². The first kappa shape index (κ1) is 19.9. The number of nitrogens with zero attached hydrogens (tertiary/aromatic N) is 2. The average Bonchev–Trinajstić information content (AvgIpc) is 2.67. The summed E-state index contributed by atoms with van der Waals surface area (Å²) in [7, 11) is -2.10. The van der Waals surface area contributed by atoms with Crippen LogP contribution < -0.4 is 19.5 Å². The van der Waals surface area contributed by atoms with Crippen molar-refractivity contribution in [2.75, 3.05) is 23.4 Å². The monoisotopic (exact) mass is 428 g/mol. The van der Waals surface area contributed by atoms with Crippen molar-refractivity contribution in [3.05, 3.63) is 36.7 Å². The summed E-state index contributed by atoms with van der Waals surface area (Å²) in [5.74, 6) is 0.447. The van der Waals surface area contributed by atoms with Crippen molar-refractivity contribution in [3.8, 4) is 22.8 Å². The molecule has 156 valence electrons. The molecule has 0 atom stereocenters. The van der Waals surface area contributed by atoms with Gasteiger partial charge in [0, 0.05) is 17.1 Å². The Kier molecular flexibility index (Phi) is 4.53. The highest BCUT2D eigenvalue weighted by Crippen LogP contribution is 2.40. The highest BCUT2D eigenvalue weighted by Gasteiger charge is 2.36. The molecule has 3 aromatic rings. The molecule has 0 unspecified atom stereocenters. The molecule has 1 aromatic carbocycles. The second kappa shape index (κ2) is 6.84. The fraction of sp³-hybridized carbons (Fsp3) is 0.250. The number of carbonyl (C=O) groups is 1. The van der Waals surface area contributed by atoms with E-state index in [0.29, 0.717) is 27.9 Å². The van der Waals surface area contributed by atoms with Crippen molar-refractivity contribution >= 4 is 38.2 Å². The molecule has 0 bridgehead atoms. The first-order chi connectivity index (χ1) is 14.1. The standard InChI is InChI=1S/C20H20N4O5S/c1-20(2)19(25)23-16-10-21-14-6-5-11(7-13(14)17(16)29-20)12-8-15(24-30(4,26)27)18(28-3)22-9-12/h5-10,24H,1-4H3,(H,23,25). The summed E-state index contributed by atoms with van der Waals surface area (Å²) in [5, 5.41) is 3.53. The van der Waals surface area contributed by atoms with E-state index in [4.69, 9.17) is 9.47 Å². The molecule has 30 heavy (non-hydrogen) atoms. The van der Waals surface area contributed by atoms with Gasteiger partial charge in [-0.05, 0) is 37.6 Å². The van der Waals surface area contributed by atoms with E-state index in [2.05, 4.69) is 20.0 Å². The normalized spacial score (nSPS) is 15.1. The third kappa shape index (κ3) is 3.61. The number of hydrogen-bond acceptors (Lipinski definition) is 7. The Morgan fingerprint density at radius 3 is 2.60 bits per heavy atom. The average molecular weight is 428 g/mol. The van der Waals surface area contributed by atoms with Gasteiger partial charge in [-0.3, -0.25) is 14.5 Å². The number of rotatable bonds is 4. The predicted molar refractivity (Wildman–Crippen MR) is 113 cm³/mol. The topological polar surface area (TPSA) is 120 Å². The number of pyridine rings is 2. The largest absolute Gasteiger partial charge is 0.480 e. The molecular formula is C20H20N4O5S. The lowest BCUT2D eigenvalue weighted by atomic mass is 10.0. The van der Waals surface area contributed by atoms with Crippen LogP contribution in [0.1, 0.15) is 13.8 Å². The fourth-order valence-electron chi connectivity index (χ4n) is 3.17. The molecule has 4 rings (SSSR count). The summed E-state index contributed by atoms with van der Waals surface area (Å²) in [5.41, 5.74) is 1.83. The summed E-state index contributed by atoms with van der Waals surface area (Å²) in [6, 6.07) is 7.18. The van der Waals surface area contributed by atoms with E-state index < -0.39 is 15.6 Å². The minimum Gasteiger partial charge on any atom is -0.480 e. The third-order valence-electron chi connectivity index (χ3n) is 4.64. The van der Waals surface area contributed by atoms with Crippen LogP contribution in [-0.4, -0.2) is 43.3 Å². The first-order valence-corrected chi connectivity index (χ1v) is 10.9. The molecule has 2 N–H and O–H groups in total. The van der Waals surface area contributed by atoms with E-state index in [1.54, 1.807) is 32.3 Å². The molecule has 3 heterocycles. The minimum atomic E-state index is -3.51. The lowest BCUT2D eigenvalue weighted by Crippen LogP contribution is -2.45. The molecule has 0 fully saturated rings. The molecule has 0 spiro atoms. The van der Waals surface area contributed by atoms with Gasteiger partial charge >= 0.3 is 0 Å². The van der Waals surface area contributed by atoms with E-state index in [9.17, 15) is 13.2 Å². The Labute approximate surface area is 173 Å². The maximum atomic E-state index is 12.2. The number of carbonyl (C=O) groups excluding carboxylic acids is 1. The quantitative estimate of drug-likeness (QED) is 0.656. The molecule has 1 amide bonds. The second-order valence-electron chi connectivity index (χ2n) is 7.45. The Morgan fingerprint density at radius 2 is 1.90 bits per heavy atom. The van der Waals surface area contributed by atoms with Crippen molar-refractivity contribution < 1.29 is 22.7 Å². The molecule has 1 aliphatic rings. The maximum Gasteiger partial charge on any atom is 0.268 e. The van der Waals surface area contributed by atoms with E-state index in [0.717, 1.165) is 11.8 Å². The summed E-state index contributed by atoms with van der Waals surface area (Å²) >= 11 is 0. The molecular weight excluding hydrogens is 408 g/mol. The fourth-order valence-corrected chi connectivity index (χ4v) is 3.71. The highest BCUT2D eigenvalue weighted by molar-refractivity contribution is 7.92. The van der Waals surface area contributed by atoms with Crippen molar-refractivity contribution in [2.45, 2.75) is 19.4 Å². The lowest BCUT2D eigenvalue weighted by Gasteiger charge is -2.32. The van der Waals surface area contributed by atoms with Gasteiger partial charge in [-0.25, -0.2) is 13.4 Å². The summed E-state index contributed by atoms with van der Waals surface area (Å²) in [4.78, 5) is 20.8. The van der Waals surface area contributed by atoms with Gasteiger partial charge in [0.1, 0.15) is 11.4 Å². The number of anilines is 2. The molecule has 0 radical (unpaired) electrons. The van der Waals surface area contributed by atoms with Crippen molar-refractivity contribution in [1.29, 1.82) is 0 Å². The van der Waals surface area contributed by atoms with Gasteiger partial charge in [-0.15, -0.1) is 0 Å². The zero-order valence-electron chi connectivity index (χ0n) is 16.8. The molecule has 0 aliphatic carbocycles. The predicted octanol–water partition coefficient (Wildman–Crippen LogP) is 2.79. The Bertz CT molecular complexity index is 1290. The van der Waals surface area contributed by atoms with E-state index in [1.807, 2.05) is 18.2 Å². The molecule has 9 nitrogen and oxygen atoms in total. The van der Waals surface area contributed by atoms with Gasteiger partial charge in [0.25, 0.3) is 5.91 Å². The molecule has 0 saturated carbocycles. The minimum absolute atomic E-state index is 0.164. The second-order valence-corrected chi connectivity index (χ2v) is 9.20. The number of methoxy groups -OCH3 is 1. The van der Waals surface area contributed by atoms with Crippen LogP contribution in [0.25, 0.3) is 22.0 Å². The first-order valence-electron chi connectivity index (χ1n) is 9.03.